The molecular formula is C17H25N3. The van der Waals surface area contributed by atoms with E-state index in [1.54, 1.807) is 0 Å². The van der Waals surface area contributed by atoms with Crippen molar-refractivity contribution < 1.29 is 0 Å². The van der Waals surface area contributed by atoms with Gasteiger partial charge in [-0.05, 0) is 30.0 Å². The van der Waals surface area contributed by atoms with Crippen LogP contribution in [0.15, 0.2) is 30.9 Å². The summed E-state index contributed by atoms with van der Waals surface area (Å²) in [6, 6.07) is 4.38. The molecule has 0 unspecified atom stereocenters. The van der Waals surface area contributed by atoms with Crippen molar-refractivity contribution in [1.29, 1.82) is 0 Å². The molecule has 20 heavy (non-hydrogen) atoms. The quantitative estimate of drug-likeness (QED) is 0.833. The minimum atomic E-state index is 0.00133. The summed E-state index contributed by atoms with van der Waals surface area (Å²) in [6.45, 7) is 8.98. The first kappa shape index (κ1) is 14.8. The highest BCUT2D eigenvalue weighted by Crippen LogP contribution is 2.26. The van der Waals surface area contributed by atoms with Gasteiger partial charge >= 0.3 is 0 Å². The Morgan fingerprint density at radius 1 is 1.25 bits per heavy atom. The summed E-state index contributed by atoms with van der Waals surface area (Å²) >= 11 is 0. The maximum absolute atomic E-state index is 4.59. The number of pyridine rings is 1. The summed E-state index contributed by atoms with van der Waals surface area (Å²) in [4.78, 5) is 9.02. The standard InChI is InChI=1S/C17H25N3/c1-13(2)8-14-6-7-18-16(9-14)17(3,4)10-15-11-20(5)12-19-15/h6-7,9,11-13H,8,10H2,1-5H3. The molecule has 0 bridgehead atoms. The van der Waals surface area contributed by atoms with Crippen molar-refractivity contribution in [3.05, 3.63) is 47.8 Å². The Kier molecular flexibility index (Phi) is 4.26. The molecule has 2 aromatic rings. The van der Waals surface area contributed by atoms with Crippen molar-refractivity contribution in [2.45, 2.75) is 46.0 Å². The van der Waals surface area contributed by atoms with E-state index in [1.165, 1.54) is 5.56 Å². The normalized spacial score (nSPS) is 12.1. The molecule has 3 heteroatoms. The lowest BCUT2D eigenvalue weighted by Gasteiger charge is -2.23. The zero-order chi connectivity index (χ0) is 14.8. The molecule has 0 aliphatic rings. The predicted octanol–water partition coefficient (Wildman–Crippen LogP) is 3.53. The van der Waals surface area contributed by atoms with Crippen LogP contribution in [0.3, 0.4) is 0 Å². The Bertz CT molecular complexity index is 567. The average Bonchev–Trinajstić information content (AvgIpc) is 2.73. The topological polar surface area (TPSA) is 30.7 Å². The summed E-state index contributed by atoms with van der Waals surface area (Å²) in [5.74, 6) is 0.671. The third-order valence-corrected chi connectivity index (χ3v) is 3.54. The lowest BCUT2D eigenvalue weighted by molar-refractivity contribution is 0.498. The SMILES string of the molecule is CC(C)Cc1ccnc(C(C)(C)Cc2cn(C)cn2)c1. The van der Waals surface area contributed by atoms with Crippen LogP contribution in [-0.2, 0) is 25.3 Å². The highest BCUT2D eigenvalue weighted by atomic mass is 15.0. The second kappa shape index (κ2) is 5.78. The van der Waals surface area contributed by atoms with E-state index < -0.39 is 0 Å². The number of aryl methyl sites for hydroxylation is 1. The summed E-state index contributed by atoms with van der Waals surface area (Å²) in [5.41, 5.74) is 3.65. The van der Waals surface area contributed by atoms with Crippen LogP contribution in [0.25, 0.3) is 0 Å². The Morgan fingerprint density at radius 2 is 2.00 bits per heavy atom. The Labute approximate surface area is 122 Å². The maximum atomic E-state index is 4.59. The van der Waals surface area contributed by atoms with Gasteiger partial charge in [-0.2, -0.15) is 0 Å². The highest BCUT2D eigenvalue weighted by molar-refractivity contribution is 5.24. The van der Waals surface area contributed by atoms with Crippen LogP contribution < -0.4 is 0 Å². The van der Waals surface area contributed by atoms with Gasteiger partial charge in [0.05, 0.1) is 12.0 Å². The fourth-order valence-electron chi connectivity index (χ4n) is 2.54. The Balaban J connectivity index is 2.20. The van der Waals surface area contributed by atoms with E-state index in [0.717, 1.165) is 24.2 Å². The Hall–Kier alpha value is -1.64. The molecule has 0 atom stereocenters. The van der Waals surface area contributed by atoms with Gasteiger partial charge in [0.2, 0.25) is 0 Å². The van der Waals surface area contributed by atoms with Gasteiger partial charge in [-0.15, -0.1) is 0 Å². The van der Waals surface area contributed by atoms with E-state index in [9.17, 15) is 0 Å². The summed E-state index contributed by atoms with van der Waals surface area (Å²) in [6.07, 6.45) is 7.89. The van der Waals surface area contributed by atoms with E-state index in [-0.39, 0.29) is 5.41 Å². The Morgan fingerprint density at radius 3 is 2.60 bits per heavy atom. The number of nitrogens with zero attached hydrogens (tertiary/aromatic N) is 3. The molecule has 0 aliphatic carbocycles. The molecule has 0 saturated carbocycles. The van der Waals surface area contributed by atoms with Crippen LogP contribution in [0.1, 0.15) is 44.6 Å². The minimum absolute atomic E-state index is 0.00133. The summed E-state index contributed by atoms with van der Waals surface area (Å²) in [7, 11) is 2.00. The molecule has 0 aromatic carbocycles. The van der Waals surface area contributed by atoms with Gasteiger partial charge < -0.3 is 4.57 Å². The molecule has 0 radical (unpaired) electrons. The molecule has 2 aromatic heterocycles. The molecule has 0 N–H and O–H groups in total. The zero-order valence-corrected chi connectivity index (χ0v) is 13.2. The van der Waals surface area contributed by atoms with Crippen molar-refractivity contribution in [2.75, 3.05) is 0 Å². The van der Waals surface area contributed by atoms with E-state index >= 15 is 0 Å². The van der Waals surface area contributed by atoms with Crippen molar-refractivity contribution >= 4 is 0 Å². The van der Waals surface area contributed by atoms with Gasteiger partial charge in [0.15, 0.2) is 0 Å². The van der Waals surface area contributed by atoms with E-state index in [0.29, 0.717) is 5.92 Å². The predicted molar refractivity (Wildman–Crippen MR) is 82.7 cm³/mol. The summed E-state index contributed by atoms with van der Waals surface area (Å²) in [5, 5.41) is 0. The van der Waals surface area contributed by atoms with Crippen LogP contribution in [0.5, 0.6) is 0 Å². The number of aromatic nitrogens is 3. The minimum Gasteiger partial charge on any atom is -0.340 e. The van der Waals surface area contributed by atoms with Crippen LogP contribution in [0.2, 0.25) is 0 Å². The molecule has 0 saturated heterocycles. The number of imidazole rings is 1. The molecule has 0 spiro atoms. The fraction of sp³-hybridized carbons (Fsp3) is 0.529. The molecule has 0 aliphatic heterocycles. The van der Waals surface area contributed by atoms with Gasteiger partial charge in [0, 0.05) is 37.0 Å². The van der Waals surface area contributed by atoms with Crippen LogP contribution >= 0.6 is 0 Å². The first-order valence-corrected chi connectivity index (χ1v) is 7.29. The third kappa shape index (κ3) is 3.69. The van der Waals surface area contributed by atoms with Crippen molar-refractivity contribution in [3.8, 4) is 0 Å². The lowest BCUT2D eigenvalue weighted by atomic mass is 9.83. The lowest BCUT2D eigenvalue weighted by Crippen LogP contribution is -2.22. The molecule has 0 fully saturated rings. The van der Waals surface area contributed by atoms with Gasteiger partial charge in [-0.1, -0.05) is 27.7 Å². The van der Waals surface area contributed by atoms with Gasteiger partial charge in [-0.3, -0.25) is 4.98 Å². The molecular weight excluding hydrogens is 246 g/mol. The fourth-order valence-corrected chi connectivity index (χ4v) is 2.54. The average molecular weight is 271 g/mol. The summed E-state index contributed by atoms with van der Waals surface area (Å²) < 4.78 is 1.99. The van der Waals surface area contributed by atoms with Crippen molar-refractivity contribution in [2.24, 2.45) is 13.0 Å². The second-order valence-corrected chi connectivity index (χ2v) is 6.74. The number of hydrogen-bond donors (Lipinski definition) is 0. The van der Waals surface area contributed by atoms with Crippen molar-refractivity contribution in [3.63, 3.8) is 0 Å². The molecule has 3 nitrogen and oxygen atoms in total. The number of hydrogen-bond acceptors (Lipinski definition) is 2. The molecule has 0 amide bonds. The van der Waals surface area contributed by atoms with Crippen LogP contribution in [0.4, 0.5) is 0 Å². The van der Waals surface area contributed by atoms with E-state index in [1.807, 2.05) is 24.1 Å². The van der Waals surface area contributed by atoms with Crippen molar-refractivity contribution in [1.82, 2.24) is 14.5 Å². The van der Waals surface area contributed by atoms with E-state index in [4.69, 9.17) is 0 Å². The van der Waals surface area contributed by atoms with E-state index in [2.05, 4.69) is 56.0 Å². The van der Waals surface area contributed by atoms with Gasteiger partial charge in [0.25, 0.3) is 0 Å². The molecule has 108 valence electrons. The largest absolute Gasteiger partial charge is 0.340 e. The zero-order valence-electron chi connectivity index (χ0n) is 13.2. The molecule has 2 rings (SSSR count). The molecule has 2 heterocycles. The smallest absolute Gasteiger partial charge is 0.0946 e. The van der Waals surface area contributed by atoms with Gasteiger partial charge in [-0.25, -0.2) is 4.98 Å². The monoisotopic (exact) mass is 271 g/mol. The highest BCUT2D eigenvalue weighted by Gasteiger charge is 2.24. The first-order valence-electron chi connectivity index (χ1n) is 7.29. The third-order valence-electron chi connectivity index (χ3n) is 3.54. The number of rotatable bonds is 5. The van der Waals surface area contributed by atoms with Crippen LogP contribution in [0, 0.1) is 5.92 Å². The van der Waals surface area contributed by atoms with Gasteiger partial charge in [0.1, 0.15) is 0 Å². The first-order chi connectivity index (χ1) is 9.37. The second-order valence-electron chi connectivity index (χ2n) is 6.74. The maximum Gasteiger partial charge on any atom is 0.0946 e. The van der Waals surface area contributed by atoms with Crippen LogP contribution in [-0.4, -0.2) is 14.5 Å².